The molecule has 2 rings (SSSR count). The van der Waals surface area contributed by atoms with Gasteiger partial charge in [-0.05, 0) is 49.9 Å². The number of nitrogens with two attached hydrogens (primary N) is 1. The lowest BCUT2D eigenvalue weighted by Gasteiger charge is -2.24. The molecule has 0 fully saturated rings. The van der Waals surface area contributed by atoms with Crippen LogP contribution in [-0.4, -0.2) is 27.8 Å². The molecule has 1 aromatic heterocycles. The summed E-state index contributed by atoms with van der Waals surface area (Å²) < 4.78 is 1.35. The molecule has 164 valence electrons. The summed E-state index contributed by atoms with van der Waals surface area (Å²) in [5.41, 5.74) is 7.56. The second-order valence-corrected chi connectivity index (χ2v) is 8.56. The van der Waals surface area contributed by atoms with Crippen molar-refractivity contribution in [2.24, 2.45) is 0 Å². The number of carbonyl (C=O) groups excluding carboxylic acids is 1. The van der Waals surface area contributed by atoms with Crippen molar-refractivity contribution in [2.75, 3.05) is 22.9 Å². The van der Waals surface area contributed by atoms with Crippen molar-refractivity contribution in [1.82, 2.24) is 9.55 Å². The Balaban J connectivity index is 2.21. The van der Waals surface area contributed by atoms with Crippen molar-refractivity contribution in [3.05, 3.63) is 50.2 Å². The lowest BCUT2D eigenvalue weighted by Crippen LogP contribution is -2.41. The van der Waals surface area contributed by atoms with Crippen LogP contribution in [0, 0.1) is 13.8 Å². The molecular formula is C22H32N4O3S. The summed E-state index contributed by atoms with van der Waals surface area (Å²) >= 11 is 1.61. The first-order valence-corrected chi connectivity index (χ1v) is 11.4. The molecule has 0 atom stereocenters. The minimum atomic E-state index is -0.617. The number of hydrogen-bond acceptors (Lipinski definition) is 5. The molecule has 1 amide bonds. The van der Waals surface area contributed by atoms with E-state index in [1.165, 1.54) is 20.6 Å². The summed E-state index contributed by atoms with van der Waals surface area (Å²) in [5, 5.41) is 0. The van der Waals surface area contributed by atoms with E-state index in [1.807, 2.05) is 19.9 Å². The third-order valence-corrected chi connectivity index (χ3v) is 6.03. The Morgan fingerprint density at radius 1 is 1.17 bits per heavy atom. The smallest absolute Gasteiger partial charge is 0.330 e. The van der Waals surface area contributed by atoms with Crippen molar-refractivity contribution < 1.29 is 4.79 Å². The van der Waals surface area contributed by atoms with Gasteiger partial charge in [-0.25, -0.2) is 4.79 Å². The van der Waals surface area contributed by atoms with Crippen molar-refractivity contribution >= 4 is 29.2 Å². The lowest BCUT2D eigenvalue weighted by molar-refractivity contribution is -0.118. The molecule has 2 aromatic rings. The topological polar surface area (TPSA) is 101 Å². The van der Waals surface area contributed by atoms with Crippen molar-refractivity contribution in [1.29, 1.82) is 0 Å². The molecule has 8 heteroatoms. The first-order chi connectivity index (χ1) is 14.3. The average Bonchev–Trinajstić information content (AvgIpc) is 2.69. The Hall–Kier alpha value is -2.48. The standard InChI is InChI=1S/C22H32N4O3S/c1-5-7-12-26-20(23)19(21(28)24-22(26)29)25(11-6-2)18(27)10-13-30-17-9-8-15(3)16(4)14-17/h8-9,14H,5-7,10-13,23H2,1-4H3,(H,24,28,29). The van der Waals surface area contributed by atoms with E-state index in [1.54, 1.807) is 11.8 Å². The molecule has 3 N–H and O–H groups in total. The zero-order chi connectivity index (χ0) is 22.3. The van der Waals surface area contributed by atoms with Crippen molar-refractivity contribution in [2.45, 2.75) is 64.8 Å². The molecule has 7 nitrogen and oxygen atoms in total. The Morgan fingerprint density at radius 2 is 1.90 bits per heavy atom. The largest absolute Gasteiger partial charge is 0.383 e. The number of hydrogen-bond donors (Lipinski definition) is 2. The van der Waals surface area contributed by atoms with E-state index in [4.69, 9.17) is 5.73 Å². The van der Waals surface area contributed by atoms with Gasteiger partial charge in [0.25, 0.3) is 5.56 Å². The number of aryl methyl sites for hydroxylation is 2. The summed E-state index contributed by atoms with van der Waals surface area (Å²) in [6.07, 6.45) is 2.57. The summed E-state index contributed by atoms with van der Waals surface area (Å²) in [6.45, 7) is 8.84. The predicted octanol–water partition coefficient (Wildman–Crippen LogP) is 3.46. The van der Waals surface area contributed by atoms with E-state index in [0.29, 0.717) is 25.3 Å². The minimum absolute atomic E-state index is 0.0563. The van der Waals surface area contributed by atoms with Gasteiger partial charge in [0.15, 0.2) is 5.69 Å². The van der Waals surface area contributed by atoms with Gasteiger partial charge in [0, 0.05) is 30.2 Å². The number of aromatic amines is 1. The zero-order valence-corrected chi connectivity index (χ0v) is 19.1. The molecule has 0 bridgehead atoms. The lowest BCUT2D eigenvalue weighted by atomic mass is 10.1. The highest BCUT2D eigenvalue weighted by atomic mass is 32.2. The molecular weight excluding hydrogens is 400 g/mol. The SMILES string of the molecule is CCCCn1c(N)c(N(CCC)C(=O)CCSc2ccc(C)c(C)c2)c(=O)[nH]c1=O. The van der Waals surface area contributed by atoms with Gasteiger partial charge in [-0.1, -0.05) is 26.3 Å². The molecule has 0 unspecified atom stereocenters. The van der Waals surface area contributed by atoms with Crippen LogP contribution in [0.15, 0.2) is 32.7 Å². The van der Waals surface area contributed by atoms with Crippen LogP contribution in [0.25, 0.3) is 0 Å². The van der Waals surface area contributed by atoms with E-state index < -0.39 is 11.2 Å². The third-order valence-electron chi connectivity index (χ3n) is 5.03. The highest BCUT2D eigenvalue weighted by Crippen LogP contribution is 2.23. The molecule has 0 spiro atoms. The summed E-state index contributed by atoms with van der Waals surface area (Å²) in [6, 6.07) is 6.23. The van der Waals surface area contributed by atoms with Gasteiger partial charge in [0.05, 0.1) is 0 Å². The minimum Gasteiger partial charge on any atom is -0.383 e. The second kappa shape index (κ2) is 11.1. The molecule has 0 radical (unpaired) electrons. The predicted molar refractivity (Wildman–Crippen MR) is 125 cm³/mol. The number of anilines is 2. The highest BCUT2D eigenvalue weighted by molar-refractivity contribution is 7.99. The Bertz CT molecular complexity index is 997. The number of thioether (sulfide) groups is 1. The van der Waals surface area contributed by atoms with Gasteiger partial charge in [0.1, 0.15) is 5.82 Å². The van der Waals surface area contributed by atoms with E-state index in [9.17, 15) is 14.4 Å². The van der Waals surface area contributed by atoms with Crippen molar-refractivity contribution in [3.63, 3.8) is 0 Å². The summed E-state index contributed by atoms with van der Waals surface area (Å²) in [5.74, 6) is 0.473. The second-order valence-electron chi connectivity index (χ2n) is 7.39. The summed E-state index contributed by atoms with van der Waals surface area (Å²) in [4.78, 5) is 42.5. The number of nitrogens with one attached hydrogen (secondary N) is 1. The van der Waals surface area contributed by atoms with Crippen LogP contribution < -0.4 is 21.9 Å². The number of benzene rings is 1. The van der Waals surface area contributed by atoms with Gasteiger partial charge in [0.2, 0.25) is 5.91 Å². The molecule has 0 saturated carbocycles. The number of aromatic nitrogens is 2. The van der Waals surface area contributed by atoms with Crippen LogP contribution in [0.5, 0.6) is 0 Å². The monoisotopic (exact) mass is 432 g/mol. The number of carbonyl (C=O) groups is 1. The Labute approximate surface area is 181 Å². The first-order valence-electron chi connectivity index (χ1n) is 10.4. The van der Waals surface area contributed by atoms with Crippen LogP contribution >= 0.6 is 11.8 Å². The van der Waals surface area contributed by atoms with E-state index in [2.05, 4.69) is 31.0 Å². The normalized spacial score (nSPS) is 10.9. The van der Waals surface area contributed by atoms with Gasteiger partial charge in [-0.3, -0.25) is 19.1 Å². The number of unbranched alkanes of at least 4 members (excludes halogenated alkanes) is 1. The first kappa shape index (κ1) is 23.8. The van der Waals surface area contributed by atoms with E-state index in [0.717, 1.165) is 17.7 Å². The van der Waals surface area contributed by atoms with Crippen LogP contribution in [0.2, 0.25) is 0 Å². The molecule has 30 heavy (non-hydrogen) atoms. The van der Waals surface area contributed by atoms with Crippen LogP contribution in [0.3, 0.4) is 0 Å². The fourth-order valence-electron chi connectivity index (χ4n) is 3.16. The van der Waals surface area contributed by atoms with Crippen molar-refractivity contribution in [3.8, 4) is 0 Å². The van der Waals surface area contributed by atoms with Gasteiger partial charge in [-0.2, -0.15) is 0 Å². The maximum atomic E-state index is 13.0. The number of nitrogens with zero attached hydrogens (tertiary/aromatic N) is 2. The van der Waals surface area contributed by atoms with Gasteiger partial charge >= 0.3 is 5.69 Å². The average molecular weight is 433 g/mol. The molecule has 1 heterocycles. The fourth-order valence-corrected chi connectivity index (χ4v) is 4.09. The zero-order valence-electron chi connectivity index (χ0n) is 18.3. The Kier molecular flexibility index (Phi) is 8.77. The third kappa shape index (κ3) is 5.78. The quantitative estimate of drug-likeness (QED) is 0.560. The number of rotatable bonds is 10. The molecule has 0 aliphatic heterocycles. The maximum absolute atomic E-state index is 13.0. The van der Waals surface area contributed by atoms with Crippen LogP contribution in [0.1, 0.15) is 50.7 Å². The van der Waals surface area contributed by atoms with E-state index >= 15 is 0 Å². The maximum Gasteiger partial charge on any atom is 0.330 e. The number of H-pyrrole nitrogens is 1. The van der Waals surface area contributed by atoms with Crippen LogP contribution in [-0.2, 0) is 11.3 Å². The van der Waals surface area contributed by atoms with Gasteiger partial charge < -0.3 is 10.6 Å². The highest BCUT2D eigenvalue weighted by Gasteiger charge is 2.23. The Morgan fingerprint density at radius 3 is 2.53 bits per heavy atom. The summed E-state index contributed by atoms with van der Waals surface area (Å²) in [7, 11) is 0. The molecule has 0 saturated heterocycles. The van der Waals surface area contributed by atoms with Gasteiger partial charge in [-0.15, -0.1) is 11.8 Å². The molecule has 0 aliphatic rings. The van der Waals surface area contributed by atoms with E-state index in [-0.39, 0.29) is 23.8 Å². The fraction of sp³-hybridized carbons (Fsp3) is 0.500. The number of nitrogen functional groups attached to an aromatic ring is 1. The number of amides is 1. The molecule has 1 aromatic carbocycles. The molecule has 0 aliphatic carbocycles. The van der Waals surface area contributed by atoms with Crippen LogP contribution in [0.4, 0.5) is 11.5 Å².